The molecule has 18 heavy (non-hydrogen) atoms. The van der Waals surface area contributed by atoms with Crippen LogP contribution in [0.2, 0.25) is 0 Å². The lowest BCUT2D eigenvalue weighted by Gasteiger charge is -2.13. The third-order valence-corrected chi connectivity index (χ3v) is 3.38. The minimum Gasteiger partial charge on any atom is -0.394 e. The van der Waals surface area contributed by atoms with E-state index in [0.29, 0.717) is 6.42 Å². The monoisotopic (exact) mass is 275 g/mol. The van der Waals surface area contributed by atoms with E-state index in [4.69, 9.17) is 5.11 Å². The zero-order valence-corrected chi connectivity index (χ0v) is 10.8. The van der Waals surface area contributed by atoms with E-state index in [0.717, 1.165) is 23.9 Å². The Morgan fingerprint density at radius 1 is 1.50 bits per heavy atom. The van der Waals surface area contributed by atoms with E-state index in [-0.39, 0.29) is 29.2 Å². The molecule has 6 heteroatoms. The highest BCUT2D eigenvalue weighted by molar-refractivity contribution is 8.00. The molecular weight excluding hydrogens is 260 g/mol. The van der Waals surface area contributed by atoms with Crippen molar-refractivity contribution >= 4 is 17.7 Å². The second-order valence-corrected chi connectivity index (χ2v) is 4.74. The molecule has 0 heterocycles. The number of hydrogen-bond donors (Lipinski definition) is 2. The van der Waals surface area contributed by atoms with Crippen LogP contribution in [0.5, 0.6) is 0 Å². The summed E-state index contributed by atoms with van der Waals surface area (Å²) in [7, 11) is 0. The number of carbonyl (C=O) groups is 1. The maximum atomic E-state index is 13.3. The van der Waals surface area contributed by atoms with Crippen LogP contribution in [0.25, 0.3) is 0 Å². The molecule has 0 saturated carbocycles. The molecule has 0 aliphatic rings. The summed E-state index contributed by atoms with van der Waals surface area (Å²) in [5, 5.41) is 11.5. The first-order chi connectivity index (χ1) is 8.56. The predicted octanol–water partition coefficient (Wildman–Crippen LogP) is 1.94. The van der Waals surface area contributed by atoms with E-state index in [1.54, 1.807) is 0 Å². The normalized spacial score (nSPS) is 12.2. The lowest BCUT2D eigenvalue weighted by Crippen LogP contribution is -2.37. The van der Waals surface area contributed by atoms with Crippen LogP contribution in [0.3, 0.4) is 0 Å². The Balaban J connectivity index is 2.47. The molecule has 0 saturated heterocycles. The Hall–Kier alpha value is -1.14. The van der Waals surface area contributed by atoms with Gasteiger partial charge in [0.25, 0.3) is 0 Å². The summed E-state index contributed by atoms with van der Waals surface area (Å²) >= 11 is 0.991. The first kappa shape index (κ1) is 14.9. The molecule has 3 nitrogen and oxygen atoms in total. The zero-order valence-electron chi connectivity index (χ0n) is 9.95. The number of carbonyl (C=O) groups excluding carboxylic acids is 1. The Morgan fingerprint density at radius 3 is 2.78 bits per heavy atom. The van der Waals surface area contributed by atoms with Crippen LogP contribution in [0.15, 0.2) is 23.1 Å². The molecule has 0 aliphatic heterocycles. The van der Waals surface area contributed by atoms with Gasteiger partial charge in [-0.3, -0.25) is 4.79 Å². The van der Waals surface area contributed by atoms with Crippen LogP contribution in [-0.2, 0) is 4.79 Å². The summed E-state index contributed by atoms with van der Waals surface area (Å²) in [6.07, 6.45) is 0.623. The maximum Gasteiger partial charge on any atom is 0.230 e. The van der Waals surface area contributed by atoms with Crippen molar-refractivity contribution in [2.45, 2.75) is 24.3 Å². The molecule has 1 unspecified atom stereocenters. The minimum atomic E-state index is -0.679. The first-order valence-electron chi connectivity index (χ1n) is 5.54. The summed E-state index contributed by atoms with van der Waals surface area (Å²) in [5.74, 6) is -1.58. The molecule has 0 spiro atoms. The van der Waals surface area contributed by atoms with E-state index in [2.05, 4.69) is 5.32 Å². The maximum absolute atomic E-state index is 13.3. The predicted molar refractivity (Wildman–Crippen MR) is 66.4 cm³/mol. The first-order valence-corrected chi connectivity index (χ1v) is 6.53. The highest BCUT2D eigenvalue weighted by atomic mass is 32.2. The van der Waals surface area contributed by atoms with Crippen molar-refractivity contribution in [3.8, 4) is 0 Å². The van der Waals surface area contributed by atoms with E-state index in [1.165, 1.54) is 6.07 Å². The number of nitrogens with one attached hydrogen (secondary N) is 1. The molecule has 1 aromatic carbocycles. The quantitative estimate of drug-likeness (QED) is 0.780. The van der Waals surface area contributed by atoms with Gasteiger partial charge in [0, 0.05) is 11.0 Å². The van der Waals surface area contributed by atoms with Crippen LogP contribution < -0.4 is 5.32 Å². The SMILES string of the molecule is CCC(CO)NC(=O)CSc1ccc(F)cc1F. The fraction of sp³-hybridized carbons (Fsp3) is 0.417. The van der Waals surface area contributed by atoms with E-state index in [1.807, 2.05) is 6.92 Å². The van der Waals surface area contributed by atoms with Gasteiger partial charge < -0.3 is 10.4 Å². The number of amides is 1. The number of thioether (sulfide) groups is 1. The number of hydrogen-bond acceptors (Lipinski definition) is 3. The number of rotatable bonds is 6. The van der Waals surface area contributed by atoms with E-state index in [9.17, 15) is 13.6 Å². The average Bonchev–Trinajstić information content (AvgIpc) is 2.35. The second-order valence-electron chi connectivity index (χ2n) is 3.72. The van der Waals surface area contributed by atoms with Crippen molar-refractivity contribution in [2.75, 3.05) is 12.4 Å². The van der Waals surface area contributed by atoms with Gasteiger partial charge in [0.2, 0.25) is 5.91 Å². The van der Waals surface area contributed by atoms with E-state index >= 15 is 0 Å². The molecule has 1 aromatic rings. The van der Waals surface area contributed by atoms with Crippen molar-refractivity contribution < 1.29 is 18.7 Å². The number of aliphatic hydroxyl groups excluding tert-OH is 1. The van der Waals surface area contributed by atoms with Crippen LogP contribution in [0, 0.1) is 11.6 Å². The van der Waals surface area contributed by atoms with Gasteiger partial charge in [-0.25, -0.2) is 8.78 Å². The molecule has 1 rings (SSSR count). The molecule has 0 bridgehead atoms. The summed E-state index contributed by atoms with van der Waals surface area (Å²) < 4.78 is 25.9. The smallest absolute Gasteiger partial charge is 0.230 e. The summed E-state index contributed by atoms with van der Waals surface area (Å²) in [6, 6.07) is 2.94. The summed E-state index contributed by atoms with van der Waals surface area (Å²) in [6.45, 7) is 1.71. The fourth-order valence-corrected chi connectivity index (χ4v) is 2.01. The minimum absolute atomic E-state index is 0.0268. The van der Waals surface area contributed by atoms with Crippen LogP contribution in [0.4, 0.5) is 8.78 Å². The van der Waals surface area contributed by atoms with Crippen molar-refractivity contribution in [3.05, 3.63) is 29.8 Å². The van der Waals surface area contributed by atoms with Crippen molar-refractivity contribution in [2.24, 2.45) is 0 Å². The highest BCUT2D eigenvalue weighted by Gasteiger charge is 2.11. The molecule has 0 aromatic heterocycles. The van der Waals surface area contributed by atoms with Gasteiger partial charge in [-0.15, -0.1) is 11.8 Å². The second kappa shape index (κ2) is 7.33. The lowest BCUT2D eigenvalue weighted by molar-refractivity contribution is -0.119. The zero-order chi connectivity index (χ0) is 13.5. The Morgan fingerprint density at radius 2 is 2.22 bits per heavy atom. The molecule has 0 aliphatic carbocycles. The van der Waals surface area contributed by atoms with Crippen LogP contribution >= 0.6 is 11.8 Å². The molecule has 0 radical (unpaired) electrons. The molecule has 0 fully saturated rings. The molecule has 2 N–H and O–H groups in total. The number of aliphatic hydroxyl groups is 1. The average molecular weight is 275 g/mol. The molecule has 1 amide bonds. The van der Waals surface area contributed by atoms with Crippen molar-refractivity contribution in [1.82, 2.24) is 5.32 Å². The van der Waals surface area contributed by atoms with Gasteiger partial charge >= 0.3 is 0 Å². The number of benzene rings is 1. The van der Waals surface area contributed by atoms with Crippen LogP contribution in [-0.4, -0.2) is 29.4 Å². The lowest BCUT2D eigenvalue weighted by atomic mass is 10.2. The van der Waals surface area contributed by atoms with E-state index < -0.39 is 11.6 Å². The number of halogens is 2. The standard InChI is InChI=1S/C12H15F2NO2S/c1-2-9(6-16)15-12(17)7-18-11-4-3-8(13)5-10(11)14/h3-5,9,16H,2,6-7H2,1H3,(H,15,17). The van der Waals surface area contributed by atoms with Gasteiger partial charge in [-0.05, 0) is 18.6 Å². The summed E-state index contributed by atoms with van der Waals surface area (Å²) in [5.41, 5.74) is 0. The summed E-state index contributed by atoms with van der Waals surface area (Å²) in [4.78, 5) is 11.7. The Bertz CT molecular complexity index is 411. The van der Waals surface area contributed by atoms with Crippen LogP contribution in [0.1, 0.15) is 13.3 Å². The Kier molecular flexibility index (Phi) is 6.07. The molecule has 100 valence electrons. The molecule has 1 atom stereocenters. The van der Waals surface area contributed by atoms with Gasteiger partial charge in [-0.1, -0.05) is 6.92 Å². The van der Waals surface area contributed by atoms with Crippen molar-refractivity contribution in [3.63, 3.8) is 0 Å². The largest absolute Gasteiger partial charge is 0.394 e. The third-order valence-electron chi connectivity index (χ3n) is 2.33. The van der Waals surface area contributed by atoms with Gasteiger partial charge in [0.15, 0.2) is 0 Å². The van der Waals surface area contributed by atoms with Crippen molar-refractivity contribution in [1.29, 1.82) is 0 Å². The Labute approximate surface area is 109 Å². The van der Waals surface area contributed by atoms with Gasteiger partial charge in [0.05, 0.1) is 18.4 Å². The van der Waals surface area contributed by atoms with Gasteiger partial charge in [0.1, 0.15) is 11.6 Å². The highest BCUT2D eigenvalue weighted by Crippen LogP contribution is 2.21. The van der Waals surface area contributed by atoms with Gasteiger partial charge in [-0.2, -0.15) is 0 Å². The topological polar surface area (TPSA) is 49.3 Å². The molecular formula is C12H15F2NO2S. The third kappa shape index (κ3) is 4.62. The fourth-order valence-electron chi connectivity index (χ4n) is 1.28.